The summed E-state index contributed by atoms with van der Waals surface area (Å²) >= 11 is 17.2. The molecule has 0 aliphatic heterocycles. The van der Waals surface area contributed by atoms with E-state index in [2.05, 4.69) is 70.5 Å². The minimum absolute atomic E-state index is 0.618. The number of hydrogen-bond donors (Lipinski definition) is 4. The van der Waals surface area contributed by atoms with Gasteiger partial charge in [-0.25, -0.2) is 19.9 Å². The van der Waals surface area contributed by atoms with Gasteiger partial charge in [-0.05, 0) is 25.0 Å². The number of unbranched alkanes of at least 4 members (excludes halogenated alkanes) is 1. The van der Waals surface area contributed by atoms with Crippen LogP contribution < -0.4 is 0 Å². The van der Waals surface area contributed by atoms with Crippen LogP contribution in [0.5, 0.6) is 0 Å². The van der Waals surface area contributed by atoms with Crippen molar-refractivity contribution in [2.75, 3.05) is 0 Å². The highest BCUT2D eigenvalue weighted by atomic mass is 32.1. The van der Waals surface area contributed by atoms with Gasteiger partial charge < -0.3 is 0 Å². The zero-order valence-corrected chi connectivity index (χ0v) is 17.0. The molecule has 2 aromatic heterocycles. The second-order valence-corrected chi connectivity index (χ2v) is 6.64. The Morgan fingerprint density at radius 3 is 1.08 bits per heavy atom. The van der Waals surface area contributed by atoms with Gasteiger partial charge in [0.15, 0.2) is 0 Å². The van der Waals surface area contributed by atoms with E-state index in [4.69, 9.17) is 0 Å². The first-order chi connectivity index (χ1) is 11.7. The van der Waals surface area contributed by atoms with E-state index in [1.807, 2.05) is 12.1 Å². The van der Waals surface area contributed by atoms with Gasteiger partial charge in [0, 0.05) is 35.9 Å². The van der Waals surface area contributed by atoms with E-state index in [1.54, 1.807) is 0 Å². The summed E-state index contributed by atoms with van der Waals surface area (Å²) in [6.07, 6.45) is 3.67. The number of hydrogen-bond acceptors (Lipinski definition) is 8. The molecular weight excluding hydrogens is 376 g/mol. The van der Waals surface area contributed by atoms with Gasteiger partial charge in [-0.15, -0.1) is 0 Å². The topological polar surface area (TPSA) is 51.6 Å². The lowest BCUT2D eigenvalue weighted by molar-refractivity contribution is 0.678. The number of rotatable bonds is 9. The van der Waals surface area contributed by atoms with Gasteiger partial charge >= 0.3 is 0 Å². The molecule has 0 aliphatic carbocycles. The molecule has 0 amide bonds. The molecule has 0 saturated carbocycles. The van der Waals surface area contributed by atoms with Crippen molar-refractivity contribution in [1.29, 1.82) is 0 Å². The highest BCUT2D eigenvalue weighted by Gasteiger charge is 2.06. The SMILES string of the molecule is SCc1cc(CS)nc(CCCCc2nc(CS)cc(CS)n2)n1. The van der Waals surface area contributed by atoms with Crippen LogP contribution in [0.4, 0.5) is 0 Å². The summed E-state index contributed by atoms with van der Waals surface area (Å²) in [5.41, 5.74) is 3.82. The van der Waals surface area contributed by atoms with Crippen LogP contribution >= 0.6 is 50.5 Å². The highest BCUT2D eigenvalue weighted by molar-refractivity contribution is 7.79. The van der Waals surface area contributed by atoms with Gasteiger partial charge in [-0.2, -0.15) is 50.5 Å². The third-order valence-electron chi connectivity index (χ3n) is 3.46. The lowest BCUT2D eigenvalue weighted by atomic mass is 10.1. The Labute approximate surface area is 165 Å². The molecule has 130 valence electrons. The Bertz CT molecular complexity index is 565. The van der Waals surface area contributed by atoms with E-state index in [0.717, 1.165) is 60.1 Å². The fourth-order valence-corrected chi connectivity index (χ4v) is 2.99. The van der Waals surface area contributed by atoms with Crippen LogP contribution in [-0.4, -0.2) is 19.9 Å². The van der Waals surface area contributed by atoms with Gasteiger partial charge in [-0.1, -0.05) is 0 Å². The molecule has 0 aliphatic rings. The van der Waals surface area contributed by atoms with Gasteiger partial charge in [-0.3, -0.25) is 0 Å². The van der Waals surface area contributed by atoms with Gasteiger partial charge in [0.05, 0.1) is 22.8 Å². The van der Waals surface area contributed by atoms with Crippen LogP contribution in [0.2, 0.25) is 0 Å². The predicted octanol–water partition coefficient (Wildman–Crippen LogP) is 3.55. The van der Waals surface area contributed by atoms with Crippen LogP contribution in [-0.2, 0) is 35.9 Å². The van der Waals surface area contributed by atoms with Crippen molar-refractivity contribution in [3.8, 4) is 0 Å². The minimum Gasteiger partial charge on any atom is -0.237 e. The highest BCUT2D eigenvalue weighted by Crippen LogP contribution is 2.11. The maximum absolute atomic E-state index is 4.53. The summed E-state index contributed by atoms with van der Waals surface area (Å²) < 4.78 is 0. The van der Waals surface area contributed by atoms with Gasteiger partial charge in [0.1, 0.15) is 11.6 Å². The standard InChI is InChI=1S/C16H22N4S4/c21-7-11-5-12(8-22)18-15(17-11)3-1-2-4-16-19-13(9-23)6-14(10-24)20-16/h5-6,21-24H,1-4,7-10H2. The average Bonchev–Trinajstić information content (AvgIpc) is 2.64. The molecule has 2 aromatic rings. The van der Waals surface area contributed by atoms with Gasteiger partial charge in [0.2, 0.25) is 0 Å². The Morgan fingerprint density at radius 2 is 0.833 bits per heavy atom. The van der Waals surface area contributed by atoms with Crippen molar-refractivity contribution in [3.05, 3.63) is 46.6 Å². The van der Waals surface area contributed by atoms with Crippen molar-refractivity contribution >= 4 is 50.5 Å². The molecule has 0 spiro atoms. The zero-order chi connectivity index (χ0) is 17.4. The van der Waals surface area contributed by atoms with Crippen LogP contribution in [0.1, 0.15) is 47.3 Å². The van der Waals surface area contributed by atoms with Crippen LogP contribution in [0, 0.1) is 0 Å². The fourth-order valence-electron chi connectivity index (χ4n) is 2.34. The molecule has 0 bridgehead atoms. The fraction of sp³-hybridized carbons (Fsp3) is 0.500. The summed E-state index contributed by atoms with van der Waals surface area (Å²) in [7, 11) is 0. The molecule has 0 atom stereocenters. The monoisotopic (exact) mass is 398 g/mol. The number of aromatic nitrogens is 4. The van der Waals surface area contributed by atoms with E-state index >= 15 is 0 Å². The minimum atomic E-state index is 0.618. The third kappa shape index (κ3) is 6.13. The second-order valence-electron chi connectivity index (χ2n) is 5.37. The van der Waals surface area contributed by atoms with E-state index in [1.165, 1.54) is 0 Å². The van der Waals surface area contributed by atoms with Crippen LogP contribution in [0.3, 0.4) is 0 Å². The number of aryl methyl sites for hydroxylation is 2. The van der Waals surface area contributed by atoms with Gasteiger partial charge in [0.25, 0.3) is 0 Å². The maximum Gasteiger partial charge on any atom is 0.128 e. The smallest absolute Gasteiger partial charge is 0.128 e. The number of nitrogens with zero attached hydrogens (tertiary/aromatic N) is 4. The van der Waals surface area contributed by atoms with E-state index < -0.39 is 0 Å². The summed E-state index contributed by atoms with van der Waals surface area (Å²) in [5, 5.41) is 0. The first kappa shape index (κ1) is 19.9. The third-order valence-corrected chi connectivity index (χ3v) is 4.75. The molecule has 0 unspecified atom stereocenters. The Balaban J connectivity index is 1.91. The van der Waals surface area contributed by atoms with Crippen molar-refractivity contribution in [2.24, 2.45) is 0 Å². The lowest BCUT2D eigenvalue weighted by Crippen LogP contribution is -2.04. The summed E-state index contributed by atoms with van der Waals surface area (Å²) in [5.74, 6) is 4.21. The van der Waals surface area contributed by atoms with E-state index in [0.29, 0.717) is 23.0 Å². The van der Waals surface area contributed by atoms with Crippen molar-refractivity contribution in [3.63, 3.8) is 0 Å². The molecule has 8 heteroatoms. The Morgan fingerprint density at radius 1 is 0.542 bits per heavy atom. The zero-order valence-electron chi connectivity index (χ0n) is 13.4. The quantitative estimate of drug-likeness (QED) is 0.385. The molecule has 4 nitrogen and oxygen atoms in total. The molecule has 0 saturated heterocycles. The lowest BCUT2D eigenvalue weighted by Gasteiger charge is -2.07. The first-order valence-corrected chi connectivity index (χ1v) is 10.4. The average molecular weight is 399 g/mol. The van der Waals surface area contributed by atoms with Crippen LogP contribution in [0.25, 0.3) is 0 Å². The summed E-state index contributed by atoms with van der Waals surface area (Å²) in [6.45, 7) is 0. The van der Waals surface area contributed by atoms with E-state index in [-0.39, 0.29) is 0 Å². The van der Waals surface area contributed by atoms with Crippen LogP contribution in [0.15, 0.2) is 12.1 Å². The Kier molecular flexibility index (Phi) is 8.72. The first-order valence-electron chi connectivity index (χ1n) is 7.83. The molecule has 0 fully saturated rings. The molecule has 0 radical (unpaired) electrons. The second kappa shape index (κ2) is 10.5. The summed E-state index contributed by atoms with van der Waals surface area (Å²) in [4.78, 5) is 18.1. The molecule has 2 heterocycles. The normalized spacial score (nSPS) is 11.0. The van der Waals surface area contributed by atoms with Crippen molar-refractivity contribution in [1.82, 2.24) is 19.9 Å². The van der Waals surface area contributed by atoms with Crippen molar-refractivity contribution in [2.45, 2.75) is 48.7 Å². The van der Waals surface area contributed by atoms with E-state index in [9.17, 15) is 0 Å². The largest absolute Gasteiger partial charge is 0.237 e. The van der Waals surface area contributed by atoms with Crippen molar-refractivity contribution < 1.29 is 0 Å². The molecule has 2 rings (SSSR count). The Hall–Kier alpha value is -0.440. The maximum atomic E-state index is 4.53. The molecule has 24 heavy (non-hydrogen) atoms. The number of thiol groups is 4. The molecular formula is C16H22N4S4. The summed E-state index contributed by atoms with van der Waals surface area (Å²) in [6, 6.07) is 3.92. The molecule has 0 aromatic carbocycles. The predicted molar refractivity (Wildman–Crippen MR) is 111 cm³/mol. The molecule has 0 N–H and O–H groups in total.